The first-order chi connectivity index (χ1) is 15.3. The normalized spacial score (nSPS) is 15.1. The van der Waals surface area contributed by atoms with E-state index in [0.717, 1.165) is 42.2 Å². The number of carbonyl (C=O) groups excluding carboxylic acids is 1. The molecule has 4 rings (SSSR count). The lowest BCUT2D eigenvalue weighted by Gasteiger charge is -2.25. The predicted molar refractivity (Wildman–Crippen MR) is 129 cm³/mol. The van der Waals surface area contributed by atoms with Crippen molar-refractivity contribution in [3.63, 3.8) is 0 Å². The summed E-state index contributed by atoms with van der Waals surface area (Å²) in [6, 6.07) is 13.8. The van der Waals surface area contributed by atoms with Gasteiger partial charge in [0, 0.05) is 12.7 Å². The molecule has 0 radical (unpaired) electrons. The van der Waals surface area contributed by atoms with Crippen LogP contribution in [0.3, 0.4) is 0 Å². The third-order valence-corrected chi connectivity index (χ3v) is 6.16. The third-order valence-electron chi connectivity index (χ3n) is 6.16. The fourth-order valence-corrected chi connectivity index (χ4v) is 4.18. The standard InChI is InChI=1S/C26H34N4O2/c1-26(2,3)19-8-11-21(12-9-19)32-18-25(31)27-20-10-13-23-22(16-20)28-24(29(23)4)17-30-14-6-5-7-15-30/h8-13,16H,5-7,14-15,17-18H2,1-4H3,(H,27,31). The average Bonchev–Trinajstić information content (AvgIpc) is 3.07. The third kappa shape index (κ3) is 5.30. The molecule has 0 bridgehead atoms. The molecule has 1 amide bonds. The minimum atomic E-state index is -0.186. The molecule has 3 aromatic rings. The zero-order valence-corrected chi connectivity index (χ0v) is 19.6. The number of aromatic nitrogens is 2. The molecule has 32 heavy (non-hydrogen) atoms. The van der Waals surface area contributed by atoms with Crippen molar-refractivity contribution in [1.29, 1.82) is 0 Å². The van der Waals surface area contributed by atoms with E-state index in [0.29, 0.717) is 5.75 Å². The van der Waals surface area contributed by atoms with Crippen molar-refractivity contribution in [3.8, 4) is 5.75 Å². The van der Waals surface area contributed by atoms with Crippen molar-refractivity contribution in [2.24, 2.45) is 7.05 Å². The zero-order valence-electron chi connectivity index (χ0n) is 19.6. The van der Waals surface area contributed by atoms with Crippen LogP contribution in [0, 0.1) is 0 Å². The number of hydrogen-bond acceptors (Lipinski definition) is 4. The first kappa shape index (κ1) is 22.3. The molecule has 0 atom stereocenters. The van der Waals surface area contributed by atoms with Crippen molar-refractivity contribution in [2.45, 2.75) is 52.0 Å². The van der Waals surface area contributed by atoms with E-state index in [1.807, 2.05) is 42.5 Å². The monoisotopic (exact) mass is 434 g/mol. The van der Waals surface area contributed by atoms with Crippen molar-refractivity contribution >= 4 is 22.6 Å². The highest BCUT2D eigenvalue weighted by Crippen LogP contribution is 2.25. The Morgan fingerprint density at radius 2 is 1.78 bits per heavy atom. The fraction of sp³-hybridized carbons (Fsp3) is 0.462. The van der Waals surface area contributed by atoms with Gasteiger partial charge >= 0.3 is 0 Å². The fourth-order valence-electron chi connectivity index (χ4n) is 4.18. The van der Waals surface area contributed by atoms with Crippen LogP contribution in [-0.4, -0.2) is 40.1 Å². The van der Waals surface area contributed by atoms with E-state index in [1.54, 1.807) is 0 Å². The molecule has 0 spiro atoms. The summed E-state index contributed by atoms with van der Waals surface area (Å²) in [6.45, 7) is 9.64. The molecule has 2 aromatic carbocycles. The van der Waals surface area contributed by atoms with Gasteiger partial charge in [-0.15, -0.1) is 0 Å². The number of fused-ring (bicyclic) bond motifs is 1. The van der Waals surface area contributed by atoms with E-state index in [4.69, 9.17) is 9.72 Å². The first-order valence-electron chi connectivity index (χ1n) is 11.5. The molecule has 0 saturated carbocycles. The predicted octanol–water partition coefficient (Wildman–Crippen LogP) is 4.87. The highest BCUT2D eigenvalue weighted by atomic mass is 16.5. The quantitative estimate of drug-likeness (QED) is 0.601. The van der Waals surface area contributed by atoms with E-state index in [9.17, 15) is 4.79 Å². The summed E-state index contributed by atoms with van der Waals surface area (Å²) >= 11 is 0. The van der Waals surface area contributed by atoms with Crippen molar-refractivity contribution in [2.75, 3.05) is 25.0 Å². The van der Waals surface area contributed by atoms with E-state index < -0.39 is 0 Å². The molecule has 6 heteroatoms. The SMILES string of the molecule is Cn1c(CN2CCCCC2)nc2cc(NC(=O)COc3ccc(C(C)(C)C)cc3)ccc21. The largest absolute Gasteiger partial charge is 0.484 e. The number of likely N-dealkylation sites (tertiary alicyclic amines) is 1. The number of ether oxygens (including phenoxy) is 1. The molecular weight excluding hydrogens is 400 g/mol. The van der Waals surface area contributed by atoms with Gasteiger partial charge in [-0.1, -0.05) is 39.3 Å². The van der Waals surface area contributed by atoms with Gasteiger partial charge in [-0.25, -0.2) is 4.98 Å². The second-order valence-corrected chi connectivity index (χ2v) is 9.74. The number of amides is 1. The number of aryl methyl sites for hydroxylation is 1. The molecule has 1 aromatic heterocycles. The number of hydrogen-bond donors (Lipinski definition) is 1. The van der Waals surface area contributed by atoms with Crippen molar-refractivity contribution < 1.29 is 9.53 Å². The number of rotatable bonds is 6. The molecule has 6 nitrogen and oxygen atoms in total. The Morgan fingerprint density at radius 3 is 2.47 bits per heavy atom. The van der Waals surface area contributed by atoms with E-state index in [1.165, 1.54) is 24.8 Å². The van der Waals surface area contributed by atoms with Crippen LogP contribution in [-0.2, 0) is 23.8 Å². The minimum absolute atomic E-state index is 0.0324. The maximum absolute atomic E-state index is 12.4. The summed E-state index contributed by atoms with van der Waals surface area (Å²) in [6.07, 6.45) is 3.86. The summed E-state index contributed by atoms with van der Waals surface area (Å²) in [7, 11) is 2.06. The van der Waals surface area contributed by atoms with Gasteiger partial charge in [0.1, 0.15) is 11.6 Å². The van der Waals surface area contributed by atoms with Crippen LogP contribution in [0.4, 0.5) is 5.69 Å². The Kier molecular flexibility index (Phi) is 6.51. The number of nitrogens with one attached hydrogen (secondary N) is 1. The van der Waals surface area contributed by atoms with Crippen LogP contribution in [0.2, 0.25) is 0 Å². The van der Waals surface area contributed by atoms with Gasteiger partial charge in [0.15, 0.2) is 6.61 Å². The smallest absolute Gasteiger partial charge is 0.262 e. The lowest BCUT2D eigenvalue weighted by Crippen LogP contribution is -2.30. The highest BCUT2D eigenvalue weighted by Gasteiger charge is 2.16. The van der Waals surface area contributed by atoms with Crippen LogP contribution in [0.25, 0.3) is 11.0 Å². The van der Waals surface area contributed by atoms with Crippen LogP contribution in [0.5, 0.6) is 5.75 Å². The molecule has 1 fully saturated rings. The topological polar surface area (TPSA) is 59.4 Å². The zero-order chi connectivity index (χ0) is 22.7. The van der Waals surface area contributed by atoms with Crippen LogP contribution in [0.15, 0.2) is 42.5 Å². The number of carbonyl (C=O) groups is 1. The Bertz CT molecular complexity index is 1070. The highest BCUT2D eigenvalue weighted by molar-refractivity contribution is 5.94. The van der Waals surface area contributed by atoms with Crippen LogP contribution in [0.1, 0.15) is 51.4 Å². The van der Waals surface area contributed by atoms with Crippen LogP contribution < -0.4 is 10.1 Å². The summed E-state index contributed by atoms with van der Waals surface area (Å²) in [5.41, 5.74) is 4.03. The number of imidazole rings is 1. The Balaban J connectivity index is 1.36. The number of benzene rings is 2. The maximum Gasteiger partial charge on any atom is 0.262 e. The summed E-state index contributed by atoms with van der Waals surface area (Å²) in [5.74, 6) is 1.57. The second-order valence-electron chi connectivity index (χ2n) is 9.74. The first-order valence-corrected chi connectivity index (χ1v) is 11.5. The van der Waals surface area contributed by atoms with Crippen LogP contribution >= 0.6 is 0 Å². The van der Waals surface area contributed by atoms with Gasteiger partial charge < -0.3 is 14.6 Å². The lowest BCUT2D eigenvalue weighted by atomic mass is 9.87. The molecular formula is C26H34N4O2. The molecule has 1 saturated heterocycles. The van der Waals surface area contributed by atoms with E-state index >= 15 is 0 Å². The van der Waals surface area contributed by atoms with E-state index in [-0.39, 0.29) is 17.9 Å². The number of anilines is 1. The molecule has 1 aliphatic heterocycles. The van der Waals surface area contributed by atoms with Gasteiger partial charge in [-0.2, -0.15) is 0 Å². The molecule has 2 heterocycles. The van der Waals surface area contributed by atoms with Gasteiger partial charge in [-0.05, 0) is 67.2 Å². The molecule has 170 valence electrons. The molecule has 0 aliphatic carbocycles. The van der Waals surface area contributed by atoms with Crippen molar-refractivity contribution in [3.05, 3.63) is 53.9 Å². The Morgan fingerprint density at radius 1 is 1.06 bits per heavy atom. The Labute approximate surface area is 190 Å². The average molecular weight is 435 g/mol. The number of nitrogens with zero attached hydrogens (tertiary/aromatic N) is 3. The van der Waals surface area contributed by atoms with Crippen molar-refractivity contribution in [1.82, 2.24) is 14.5 Å². The number of piperidine rings is 1. The summed E-state index contributed by atoms with van der Waals surface area (Å²) in [4.78, 5) is 19.7. The molecule has 0 unspecified atom stereocenters. The van der Waals surface area contributed by atoms with Gasteiger partial charge in [0.25, 0.3) is 5.91 Å². The lowest BCUT2D eigenvalue weighted by molar-refractivity contribution is -0.118. The van der Waals surface area contributed by atoms with Gasteiger partial charge in [-0.3, -0.25) is 9.69 Å². The summed E-state index contributed by atoms with van der Waals surface area (Å²) < 4.78 is 7.82. The molecule has 1 N–H and O–H groups in total. The minimum Gasteiger partial charge on any atom is -0.484 e. The van der Waals surface area contributed by atoms with Gasteiger partial charge in [0.05, 0.1) is 17.6 Å². The molecule has 1 aliphatic rings. The van der Waals surface area contributed by atoms with Gasteiger partial charge in [0.2, 0.25) is 0 Å². The van der Waals surface area contributed by atoms with E-state index in [2.05, 4.69) is 42.6 Å². The Hall–Kier alpha value is -2.86. The maximum atomic E-state index is 12.4. The second kappa shape index (κ2) is 9.33. The summed E-state index contributed by atoms with van der Waals surface area (Å²) in [5, 5.41) is 2.93.